The Morgan fingerprint density at radius 3 is 2.85 bits per heavy atom. The maximum atomic E-state index is 12.3. The van der Waals surface area contributed by atoms with E-state index in [0.717, 1.165) is 42.0 Å². The SMILES string of the molecule is COc1ccc(OC)c([C@@H]2CCC[NH+]2Cn2c(=O)oc3ccccc32)c1. The Kier molecular flexibility index (Phi) is 4.42. The van der Waals surface area contributed by atoms with Gasteiger partial charge in [0, 0.05) is 12.8 Å². The molecule has 1 aromatic heterocycles. The lowest BCUT2D eigenvalue weighted by Crippen LogP contribution is -3.09. The van der Waals surface area contributed by atoms with Crippen molar-refractivity contribution in [2.75, 3.05) is 20.8 Å². The highest BCUT2D eigenvalue weighted by molar-refractivity contribution is 5.72. The normalized spacial score (nSPS) is 19.8. The van der Waals surface area contributed by atoms with Crippen molar-refractivity contribution in [1.29, 1.82) is 0 Å². The number of nitrogens with one attached hydrogen (secondary N) is 1. The molecule has 1 saturated heterocycles. The van der Waals surface area contributed by atoms with E-state index in [0.29, 0.717) is 12.3 Å². The minimum Gasteiger partial charge on any atom is -0.497 e. The number of aromatic nitrogens is 1. The molecule has 0 radical (unpaired) electrons. The van der Waals surface area contributed by atoms with E-state index in [4.69, 9.17) is 13.9 Å². The fourth-order valence-corrected chi connectivity index (χ4v) is 3.95. The summed E-state index contributed by atoms with van der Waals surface area (Å²) in [4.78, 5) is 13.7. The fourth-order valence-electron chi connectivity index (χ4n) is 3.95. The minimum absolute atomic E-state index is 0.251. The summed E-state index contributed by atoms with van der Waals surface area (Å²) in [6.45, 7) is 1.57. The van der Waals surface area contributed by atoms with Crippen molar-refractivity contribution in [3.05, 3.63) is 58.6 Å². The highest BCUT2D eigenvalue weighted by Crippen LogP contribution is 2.31. The average Bonchev–Trinajstić information content (AvgIpc) is 3.26. The summed E-state index contributed by atoms with van der Waals surface area (Å²) in [7, 11) is 3.36. The highest BCUT2D eigenvalue weighted by atomic mass is 16.5. The Balaban J connectivity index is 1.69. The van der Waals surface area contributed by atoms with Gasteiger partial charge in [0.1, 0.15) is 17.5 Å². The van der Waals surface area contributed by atoms with Crippen LogP contribution in [0, 0.1) is 0 Å². The topological polar surface area (TPSA) is 58.0 Å². The standard InChI is InChI=1S/C20H22N2O4/c1-24-14-9-10-18(25-2)15(12-14)16-7-5-11-21(16)13-22-17-6-3-4-8-19(17)26-20(22)23/h3-4,6,8-10,12,16H,5,7,11,13H2,1-2H3/p+1/t16-/m0/s1. The van der Waals surface area contributed by atoms with Gasteiger partial charge in [-0.05, 0) is 30.3 Å². The van der Waals surface area contributed by atoms with E-state index in [1.807, 2.05) is 42.5 Å². The van der Waals surface area contributed by atoms with Gasteiger partial charge < -0.3 is 18.8 Å². The summed E-state index contributed by atoms with van der Waals surface area (Å²) in [5, 5.41) is 0. The van der Waals surface area contributed by atoms with Crippen molar-refractivity contribution >= 4 is 11.1 Å². The molecule has 4 rings (SSSR count). The first-order valence-corrected chi connectivity index (χ1v) is 8.86. The van der Waals surface area contributed by atoms with Crippen molar-refractivity contribution in [3.8, 4) is 11.5 Å². The third-order valence-electron chi connectivity index (χ3n) is 5.23. The van der Waals surface area contributed by atoms with Gasteiger partial charge >= 0.3 is 5.76 Å². The van der Waals surface area contributed by atoms with E-state index in [-0.39, 0.29) is 11.8 Å². The summed E-state index contributed by atoms with van der Waals surface area (Å²) < 4.78 is 18.1. The van der Waals surface area contributed by atoms with Crippen molar-refractivity contribution in [2.24, 2.45) is 0 Å². The zero-order valence-electron chi connectivity index (χ0n) is 15.0. The van der Waals surface area contributed by atoms with Gasteiger partial charge in [0.25, 0.3) is 0 Å². The molecule has 0 bridgehead atoms. The Labute approximate surface area is 151 Å². The first-order valence-electron chi connectivity index (χ1n) is 8.86. The zero-order valence-corrected chi connectivity index (χ0v) is 15.0. The van der Waals surface area contributed by atoms with Gasteiger partial charge in [0.2, 0.25) is 0 Å². The molecule has 0 saturated carbocycles. The summed E-state index contributed by atoms with van der Waals surface area (Å²) >= 11 is 0. The summed E-state index contributed by atoms with van der Waals surface area (Å²) in [6.07, 6.45) is 2.15. The Bertz CT molecular complexity index is 975. The Hall–Kier alpha value is -2.73. The van der Waals surface area contributed by atoms with Crippen molar-refractivity contribution in [3.63, 3.8) is 0 Å². The molecule has 3 aromatic rings. The second-order valence-electron chi connectivity index (χ2n) is 6.63. The molecule has 26 heavy (non-hydrogen) atoms. The number of fused-ring (bicyclic) bond motifs is 1. The number of likely N-dealkylation sites (tertiary alicyclic amines) is 1. The van der Waals surface area contributed by atoms with Crippen LogP contribution in [-0.4, -0.2) is 25.3 Å². The predicted molar refractivity (Wildman–Crippen MR) is 97.8 cm³/mol. The number of para-hydroxylation sites is 2. The van der Waals surface area contributed by atoms with E-state index in [9.17, 15) is 4.79 Å². The Morgan fingerprint density at radius 1 is 1.19 bits per heavy atom. The largest absolute Gasteiger partial charge is 0.497 e. The van der Waals surface area contributed by atoms with Gasteiger partial charge in [-0.25, -0.2) is 9.36 Å². The highest BCUT2D eigenvalue weighted by Gasteiger charge is 2.33. The van der Waals surface area contributed by atoms with Gasteiger partial charge in [-0.2, -0.15) is 0 Å². The number of quaternary nitrogens is 1. The van der Waals surface area contributed by atoms with E-state index < -0.39 is 0 Å². The summed E-state index contributed by atoms with van der Waals surface area (Å²) in [6, 6.07) is 13.7. The van der Waals surface area contributed by atoms with E-state index >= 15 is 0 Å². The quantitative estimate of drug-likeness (QED) is 0.760. The van der Waals surface area contributed by atoms with Crippen molar-refractivity contribution < 1.29 is 18.8 Å². The van der Waals surface area contributed by atoms with Crippen LogP contribution in [0.2, 0.25) is 0 Å². The minimum atomic E-state index is -0.304. The fraction of sp³-hybridized carbons (Fsp3) is 0.350. The smallest absolute Gasteiger partial charge is 0.424 e. The monoisotopic (exact) mass is 355 g/mol. The second-order valence-corrected chi connectivity index (χ2v) is 6.63. The van der Waals surface area contributed by atoms with Crippen LogP contribution >= 0.6 is 0 Å². The van der Waals surface area contributed by atoms with E-state index in [2.05, 4.69) is 0 Å². The summed E-state index contributed by atoms with van der Waals surface area (Å²) in [5.41, 5.74) is 2.60. The van der Waals surface area contributed by atoms with Crippen LogP contribution in [0.15, 0.2) is 51.7 Å². The molecule has 2 atom stereocenters. The molecule has 2 heterocycles. The first kappa shape index (κ1) is 16.7. The van der Waals surface area contributed by atoms with Crippen LogP contribution in [0.5, 0.6) is 11.5 Å². The lowest BCUT2D eigenvalue weighted by atomic mass is 10.0. The Morgan fingerprint density at radius 2 is 2.04 bits per heavy atom. The number of rotatable bonds is 5. The number of ether oxygens (including phenoxy) is 2. The molecule has 0 spiro atoms. The predicted octanol–water partition coefficient (Wildman–Crippen LogP) is 1.99. The molecular weight excluding hydrogens is 332 g/mol. The van der Waals surface area contributed by atoms with Crippen molar-refractivity contribution in [1.82, 2.24) is 4.57 Å². The lowest BCUT2D eigenvalue weighted by molar-refractivity contribution is -0.940. The molecule has 1 fully saturated rings. The van der Waals surface area contributed by atoms with Crippen LogP contribution < -0.4 is 20.1 Å². The molecule has 1 unspecified atom stereocenters. The molecule has 0 amide bonds. The number of benzene rings is 2. The van der Waals surface area contributed by atoms with Crippen molar-refractivity contribution in [2.45, 2.75) is 25.6 Å². The van der Waals surface area contributed by atoms with E-state index in [1.54, 1.807) is 18.8 Å². The van der Waals surface area contributed by atoms with Gasteiger partial charge in [0.05, 0.1) is 31.8 Å². The maximum absolute atomic E-state index is 12.3. The second kappa shape index (κ2) is 6.88. The molecule has 2 aromatic carbocycles. The average molecular weight is 355 g/mol. The molecule has 1 aliphatic heterocycles. The molecule has 0 aliphatic carbocycles. The first-order chi connectivity index (χ1) is 12.7. The van der Waals surface area contributed by atoms with Gasteiger partial charge in [-0.1, -0.05) is 12.1 Å². The van der Waals surface area contributed by atoms with Crippen LogP contribution in [0.1, 0.15) is 24.4 Å². The molecule has 6 nitrogen and oxygen atoms in total. The van der Waals surface area contributed by atoms with Crippen LogP contribution in [-0.2, 0) is 6.67 Å². The molecule has 6 heteroatoms. The molecule has 136 valence electrons. The summed E-state index contributed by atoms with van der Waals surface area (Å²) in [5.74, 6) is 1.37. The number of hydrogen-bond acceptors (Lipinski definition) is 4. The molecular formula is C20H23N2O4+. The number of nitrogens with zero attached hydrogens (tertiary/aromatic N) is 1. The zero-order chi connectivity index (χ0) is 18.1. The molecule has 1 aliphatic rings. The maximum Gasteiger partial charge on any atom is 0.424 e. The molecule has 1 N–H and O–H groups in total. The van der Waals surface area contributed by atoms with Crippen LogP contribution in [0.4, 0.5) is 0 Å². The third kappa shape index (κ3) is 2.86. The lowest BCUT2D eigenvalue weighted by Gasteiger charge is -2.23. The number of oxazole rings is 1. The number of methoxy groups -OCH3 is 2. The van der Waals surface area contributed by atoms with Gasteiger partial charge in [-0.3, -0.25) is 0 Å². The van der Waals surface area contributed by atoms with Gasteiger partial charge in [0.15, 0.2) is 12.3 Å². The van der Waals surface area contributed by atoms with Gasteiger partial charge in [-0.15, -0.1) is 0 Å². The third-order valence-corrected chi connectivity index (χ3v) is 5.23. The van der Waals surface area contributed by atoms with E-state index in [1.165, 1.54) is 4.90 Å². The number of hydrogen-bond donors (Lipinski definition) is 1. The van der Waals surface area contributed by atoms with Crippen LogP contribution in [0.25, 0.3) is 11.1 Å². The van der Waals surface area contributed by atoms with Crippen LogP contribution in [0.3, 0.4) is 0 Å².